The van der Waals surface area contributed by atoms with Crippen LogP contribution in [0.1, 0.15) is 46.1 Å². The van der Waals surface area contributed by atoms with Crippen molar-refractivity contribution in [3.05, 3.63) is 27.7 Å². The molecule has 0 bridgehead atoms. The lowest BCUT2D eigenvalue weighted by atomic mass is 9.99. The van der Waals surface area contributed by atoms with Gasteiger partial charge in [-0.15, -0.1) is 0 Å². The molecule has 21 heavy (non-hydrogen) atoms. The van der Waals surface area contributed by atoms with E-state index in [1.807, 2.05) is 19.9 Å². The highest BCUT2D eigenvalue weighted by atomic mass is 35.5. The molecule has 0 amide bonds. The Hall–Kier alpha value is -0.480. The fourth-order valence-corrected chi connectivity index (χ4v) is 2.47. The van der Waals surface area contributed by atoms with Crippen molar-refractivity contribution in [3.63, 3.8) is 0 Å². The third-order valence-electron chi connectivity index (χ3n) is 3.59. The van der Waals surface area contributed by atoms with Gasteiger partial charge in [-0.3, -0.25) is 0 Å². The zero-order valence-corrected chi connectivity index (χ0v) is 14.7. The maximum absolute atomic E-state index is 10.3. The van der Waals surface area contributed by atoms with Gasteiger partial charge in [0.1, 0.15) is 12.4 Å². The number of hydrogen-bond acceptors (Lipinski definition) is 3. The largest absolute Gasteiger partial charge is 0.489 e. The molecule has 120 valence electrons. The second-order valence-corrected chi connectivity index (χ2v) is 6.48. The molecule has 0 atom stereocenters. The van der Waals surface area contributed by atoms with E-state index in [0.717, 1.165) is 5.56 Å². The Labute approximate surface area is 137 Å². The molecule has 0 radical (unpaired) electrons. The van der Waals surface area contributed by atoms with Crippen molar-refractivity contribution in [1.29, 1.82) is 0 Å². The van der Waals surface area contributed by atoms with Gasteiger partial charge in [0.2, 0.25) is 0 Å². The van der Waals surface area contributed by atoms with Gasteiger partial charge in [-0.2, -0.15) is 0 Å². The van der Waals surface area contributed by atoms with E-state index in [2.05, 4.69) is 19.2 Å². The van der Waals surface area contributed by atoms with Crippen LogP contribution in [0.25, 0.3) is 0 Å². The Kier molecular flexibility index (Phi) is 7.28. The summed E-state index contributed by atoms with van der Waals surface area (Å²) in [6.45, 7) is 8.86. The van der Waals surface area contributed by atoms with Crippen LogP contribution in [0.2, 0.25) is 10.0 Å². The topological polar surface area (TPSA) is 41.5 Å². The van der Waals surface area contributed by atoms with Crippen molar-refractivity contribution in [2.45, 2.75) is 58.7 Å². The van der Waals surface area contributed by atoms with Gasteiger partial charge < -0.3 is 15.2 Å². The molecular weight excluding hydrogens is 309 g/mol. The summed E-state index contributed by atoms with van der Waals surface area (Å²) in [6.07, 6.45) is 1.27. The number of nitrogens with one attached hydrogen (secondary N) is 1. The normalized spacial score (nSPS) is 12.0. The van der Waals surface area contributed by atoms with E-state index >= 15 is 0 Å². The first kappa shape index (κ1) is 18.6. The molecule has 1 aromatic rings. The molecule has 3 nitrogen and oxygen atoms in total. The molecule has 1 rings (SSSR count). The van der Waals surface area contributed by atoms with E-state index in [9.17, 15) is 5.11 Å². The molecule has 0 fully saturated rings. The molecule has 2 N–H and O–H groups in total. The predicted octanol–water partition coefficient (Wildman–Crippen LogP) is 4.42. The van der Waals surface area contributed by atoms with E-state index < -0.39 is 5.60 Å². The Morgan fingerprint density at radius 1 is 1.24 bits per heavy atom. The minimum atomic E-state index is -0.828. The Bertz CT molecular complexity index is 460. The smallest absolute Gasteiger partial charge is 0.142 e. The first-order valence-corrected chi connectivity index (χ1v) is 8.13. The molecule has 0 saturated heterocycles. The van der Waals surface area contributed by atoms with Gasteiger partial charge in [0.05, 0.1) is 10.6 Å². The van der Waals surface area contributed by atoms with Gasteiger partial charge in [-0.05, 0) is 25.0 Å². The number of rotatable bonds is 8. The highest BCUT2D eigenvalue weighted by Gasteiger charge is 2.24. The molecular formula is C16H25Cl2NO2. The van der Waals surface area contributed by atoms with Crippen molar-refractivity contribution in [1.82, 2.24) is 5.32 Å². The van der Waals surface area contributed by atoms with Crippen molar-refractivity contribution in [3.8, 4) is 5.75 Å². The second kappa shape index (κ2) is 8.23. The van der Waals surface area contributed by atoms with E-state index in [4.69, 9.17) is 27.9 Å². The van der Waals surface area contributed by atoms with Crippen LogP contribution in [0, 0.1) is 0 Å². The van der Waals surface area contributed by atoms with Crippen molar-refractivity contribution >= 4 is 23.2 Å². The minimum absolute atomic E-state index is 0.218. The van der Waals surface area contributed by atoms with E-state index in [0.29, 0.717) is 41.2 Å². The van der Waals surface area contributed by atoms with E-state index in [-0.39, 0.29) is 6.61 Å². The average molecular weight is 334 g/mol. The average Bonchev–Trinajstić information content (AvgIpc) is 2.43. The number of halogens is 2. The molecule has 0 aliphatic heterocycles. The standard InChI is InChI=1S/C16H25Cl2NO2/c1-5-16(20,6-2)10-21-15-12(9-19-11(3)4)7-13(17)8-14(15)18/h7-8,11,19-20H,5-6,9-10H2,1-4H3. The van der Waals surface area contributed by atoms with Crippen molar-refractivity contribution < 1.29 is 9.84 Å². The third-order valence-corrected chi connectivity index (χ3v) is 4.09. The molecule has 0 aliphatic rings. The Morgan fingerprint density at radius 3 is 2.38 bits per heavy atom. The van der Waals surface area contributed by atoms with Crippen LogP contribution in [0.5, 0.6) is 5.75 Å². The summed E-state index contributed by atoms with van der Waals surface area (Å²) in [4.78, 5) is 0. The highest BCUT2D eigenvalue weighted by molar-refractivity contribution is 6.35. The van der Waals surface area contributed by atoms with Crippen LogP contribution in [0.4, 0.5) is 0 Å². The monoisotopic (exact) mass is 333 g/mol. The molecule has 0 aliphatic carbocycles. The van der Waals surface area contributed by atoms with Crippen LogP contribution in [0.3, 0.4) is 0 Å². The molecule has 0 spiro atoms. The van der Waals surface area contributed by atoms with E-state index in [1.165, 1.54) is 0 Å². The quantitative estimate of drug-likeness (QED) is 0.739. The third kappa shape index (κ3) is 5.67. The van der Waals surface area contributed by atoms with Crippen LogP contribution >= 0.6 is 23.2 Å². The SMILES string of the molecule is CCC(O)(CC)COc1c(Cl)cc(Cl)cc1CNC(C)C. The van der Waals surface area contributed by atoms with Gasteiger partial charge in [-0.25, -0.2) is 0 Å². The lowest BCUT2D eigenvalue weighted by Gasteiger charge is -2.26. The summed E-state index contributed by atoms with van der Waals surface area (Å²) in [5.74, 6) is 0.592. The van der Waals surface area contributed by atoms with Crippen molar-refractivity contribution in [2.75, 3.05) is 6.61 Å². The van der Waals surface area contributed by atoms with Gasteiger partial charge in [-0.1, -0.05) is 50.9 Å². The fraction of sp³-hybridized carbons (Fsp3) is 0.625. The second-order valence-electron chi connectivity index (χ2n) is 5.63. The molecule has 1 aromatic carbocycles. The van der Waals surface area contributed by atoms with Gasteiger partial charge in [0.25, 0.3) is 0 Å². The van der Waals surface area contributed by atoms with Crippen LogP contribution in [-0.4, -0.2) is 23.4 Å². The maximum Gasteiger partial charge on any atom is 0.142 e. The summed E-state index contributed by atoms with van der Waals surface area (Å²) in [5, 5.41) is 14.7. The molecule has 0 saturated carbocycles. The Morgan fingerprint density at radius 2 is 1.86 bits per heavy atom. The van der Waals surface area contributed by atoms with Gasteiger partial charge in [0.15, 0.2) is 0 Å². The number of benzene rings is 1. The molecule has 0 aromatic heterocycles. The predicted molar refractivity (Wildman–Crippen MR) is 89.5 cm³/mol. The molecule has 0 heterocycles. The molecule has 5 heteroatoms. The first-order valence-electron chi connectivity index (χ1n) is 7.37. The minimum Gasteiger partial charge on any atom is -0.489 e. The fourth-order valence-electron chi connectivity index (χ4n) is 1.88. The summed E-state index contributed by atoms with van der Waals surface area (Å²) in [5.41, 5.74) is 0.0712. The first-order chi connectivity index (χ1) is 9.81. The zero-order chi connectivity index (χ0) is 16.0. The number of ether oxygens (including phenoxy) is 1. The van der Waals surface area contributed by atoms with Crippen LogP contribution in [-0.2, 0) is 6.54 Å². The highest BCUT2D eigenvalue weighted by Crippen LogP contribution is 2.33. The van der Waals surface area contributed by atoms with Crippen molar-refractivity contribution in [2.24, 2.45) is 0 Å². The van der Waals surface area contributed by atoms with Crippen LogP contribution in [0.15, 0.2) is 12.1 Å². The lowest BCUT2D eigenvalue weighted by Crippen LogP contribution is -2.34. The van der Waals surface area contributed by atoms with Gasteiger partial charge >= 0.3 is 0 Å². The van der Waals surface area contributed by atoms with Crippen LogP contribution < -0.4 is 10.1 Å². The Balaban J connectivity index is 2.93. The summed E-state index contributed by atoms with van der Waals surface area (Å²) >= 11 is 12.3. The maximum atomic E-state index is 10.3. The molecule has 0 unspecified atom stereocenters. The number of hydrogen-bond donors (Lipinski definition) is 2. The lowest BCUT2D eigenvalue weighted by molar-refractivity contribution is -0.0115. The summed E-state index contributed by atoms with van der Waals surface area (Å²) < 4.78 is 5.82. The summed E-state index contributed by atoms with van der Waals surface area (Å²) in [6, 6.07) is 3.85. The zero-order valence-electron chi connectivity index (χ0n) is 13.2. The van der Waals surface area contributed by atoms with Gasteiger partial charge in [0, 0.05) is 23.2 Å². The van der Waals surface area contributed by atoms with E-state index in [1.54, 1.807) is 6.07 Å². The summed E-state index contributed by atoms with van der Waals surface area (Å²) in [7, 11) is 0. The number of aliphatic hydroxyl groups is 1.